The van der Waals surface area contributed by atoms with Crippen molar-refractivity contribution >= 4 is 42.3 Å². The second kappa shape index (κ2) is 13.9. The number of carbonyl (C=O) groups is 4. The minimum absolute atomic E-state index is 0.0823. The molecule has 1 aliphatic rings. The van der Waals surface area contributed by atoms with Gasteiger partial charge in [-0.25, -0.2) is 4.79 Å². The van der Waals surface area contributed by atoms with Crippen LogP contribution in [0.15, 0.2) is 4.99 Å². The standard InChI is InChI=1S/C21H38N6O5S/c1-4-12(2)16(20(31)32)26-17(28)14(7-5-9-24-21(22)23)25-18(29)15-8-6-10-27(15)19(30)13(3)11-33/h12-16,33H,4-11H2,1-3H3,(H,25,29)(H,26,28)(H,31,32)(H4,22,23,24)/t12-,13?,14-,15+,16-/m0/s1. The molecule has 33 heavy (non-hydrogen) atoms. The molecule has 1 fully saturated rings. The van der Waals surface area contributed by atoms with Crippen LogP contribution in [-0.2, 0) is 19.2 Å². The number of nitrogens with one attached hydrogen (secondary N) is 2. The maximum atomic E-state index is 13.0. The summed E-state index contributed by atoms with van der Waals surface area (Å²) in [4.78, 5) is 55.7. The average molecular weight is 487 g/mol. The average Bonchev–Trinajstić information content (AvgIpc) is 3.27. The first kappa shape index (κ1) is 28.5. The number of likely N-dealkylation sites (tertiary alicyclic amines) is 1. The zero-order valence-electron chi connectivity index (χ0n) is 19.6. The lowest BCUT2D eigenvalue weighted by molar-refractivity contribution is -0.144. The summed E-state index contributed by atoms with van der Waals surface area (Å²) in [7, 11) is 0. The molecule has 0 aromatic heterocycles. The van der Waals surface area contributed by atoms with Gasteiger partial charge in [0.2, 0.25) is 17.7 Å². The number of amides is 3. The minimum atomic E-state index is -1.14. The molecule has 11 nitrogen and oxygen atoms in total. The third-order valence-electron chi connectivity index (χ3n) is 5.89. The largest absolute Gasteiger partial charge is 0.480 e. The number of carbonyl (C=O) groups excluding carboxylic acids is 3. The predicted molar refractivity (Wildman–Crippen MR) is 129 cm³/mol. The molecule has 1 rings (SSSR count). The summed E-state index contributed by atoms with van der Waals surface area (Å²) in [5, 5.41) is 14.8. The lowest BCUT2D eigenvalue weighted by Crippen LogP contribution is -2.56. The van der Waals surface area contributed by atoms with Gasteiger partial charge < -0.3 is 32.1 Å². The molecule has 7 N–H and O–H groups in total. The van der Waals surface area contributed by atoms with Crippen LogP contribution in [-0.4, -0.2) is 76.6 Å². The summed E-state index contributed by atoms with van der Waals surface area (Å²) in [5.41, 5.74) is 10.7. The Morgan fingerprint density at radius 1 is 1.21 bits per heavy atom. The van der Waals surface area contributed by atoms with E-state index in [9.17, 15) is 24.3 Å². The van der Waals surface area contributed by atoms with Crippen LogP contribution >= 0.6 is 12.6 Å². The Bertz CT molecular complexity index is 730. The molecule has 5 atom stereocenters. The zero-order valence-corrected chi connectivity index (χ0v) is 20.5. The van der Waals surface area contributed by atoms with Crippen LogP contribution < -0.4 is 22.1 Å². The van der Waals surface area contributed by atoms with E-state index >= 15 is 0 Å². The maximum absolute atomic E-state index is 13.0. The number of nitrogens with two attached hydrogens (primary N) is 2. The van der Waals surface area contributed by atoms with Gasteiger partial charge in [0.05, 0.1) is 0 Å². The summed E-state index contributed by atoms with van der Waals surface area (Å²) in [6.07, 6.45) is 2.32. The molecule has 0 spiro atoms. The van der Waals surface area contributed by atoms with Crippen molar-refractivity contribution in [3.8, 4) is 0 Å². The van der Waals surface area contributed by atoms with Gasteiger partial charge in [-0.15, -0.1) is 0 Å². The van der Waals surface area contributed by atoms with Gasteiger partial charge in [-0.1, -0.05) is 27.2 Å². The fourth-order valence-electron chi connectivity index (χ4n) is 3.64. The van der Waals surface area contributed by atoms with Crippen LogP contribution in [0.3, 0.4) is 0 Å². The number of nitrogens with zero attached hydrogens (tertiary/aromatic N) is 2. The van der Waals surface area contributed by atoms with Gasteiger partial charge in [0.1, 0.15) is 18.1 Å². The molecule has 0 aliphatic carbocycles. The molecule has 1 aliphatic heterocycles. The Morgan fingerprint density at radius 2 is 1.88 bits per heavy atom. The highest BCUT2D eigenvalue weighted by molar-refractivity contribution is 7.80. The number of aliphatic carboxylic acids is 1. The number of guanidine groups is 1. The Morgan fingerprint density at radius 3 is 2.42 bits per heavy atom. The molecule has 0 bridgehead atoms. The van der Waals surface area contributed by atoms with Crippen molar-refractivity contribution in [1.82, 2.24) is 15.5 Å². The molecule has 0 aromatic rings. The molecule has 0 radical (unpaired) electrons. The third-order valence-corrected chi connectivity index (χ3v) is 6.44. The molecule has 188 valence electrons. The van der Waals surface area contributed by atoms with Gasteiger partial charge >= 0.3 is 5.97 Å². The monoisotopic (exact) mass is 486 g/mol. The third kappa shape index (κ3) is 8.75. The highest BCUT2D eigenvalue weighted by Gasteiger charge is 2.37. The van der Waals surface area contributed by atoms with E-state index < -0.39 is 35.9 Å². The van der Waals surface area contributed by atoms with Crippen molar-refractivity contribution < 1.29 is 24.3 Å². The SMILES string of the molecule is CC[C@H](C)[C@H](NC(=O)[C@H](CCCN=C(N)N)NC(=O)[C@H]1CCCN1C(=O)C(C)CS)C(=O)O. The van der Waals surface area contributed by atoms with Gasteiger partial charge in [0.25, 0.3) is 0 Å². The Labute approximate surface area is 200 Å². The first-order valence-electron chi connectivity index (χ1n) is 11.3. The number of carboxylic acids is 1. The van der Waals surface area contributed by atoms with Crippen molar-refractivity contribution in [3.05, 3.63) is 0 Å². The second-order valence-electron chi connectivity index (χ2n) is 8.49. The smallest absolute Gasteiger partial charge is 0.326 e. The summed E-state index contributed by atoms with van der Waals surface area (Å²) >= 11 is 4.17. The number of hydrogen-bond acceptors (Lipinski definition) is 6. The molecule has 3 amide bonds. The first-order chi connectivity index (χ1) is 15.5. The van der Waals surface area contributed by atoms with E-state index in [1.54, 1.807) is 13.8 Å². The molecule has 12 heteroatoms. The highest BCUT2D eigenvalue weighted by atomic mass is 32.1. The molecular formula is C21H38N6O5S. The summed E-state index contributed by atoms with van der Waals surface area (Å²) in [6, 6.07) is -2.75. The van der Waals surface area contributed by atoms with Gasteiger partial charge in [-0.3, -0.25) is 19.4 Å². The molecular weight excluding hydrogens is 448 g/mol. The van der Waals surface area contributed by atoms with E-state index in [0.717, 1.165) is 0 Å². The van der Waals surface area contributed by atoms with E-state index in [1.165, 1.54) is 4.90 Å². The van der Waals surface area contributed by atoms with Crippen molar-refractivity contribution in [2.75, 3.05) is 18.8 Å². The van der Waals surface area contributed by atoms with Crippen molar-refractivity contribution in [2.24, 2.45) is 28.3 Å². The normalized spacial score (nSPS) is 19.2. The number of aliphatic imine (C=N–C) groups is 1. The summed E-state index contributed by atoms with van der Waals surface area (Å²) in [6.45, 7) is 6.03. The number of rotatable bonds is 13. The van der Waals surface area contributed by atoms with Gasteiger partial charge in [0.15, 0.2) is 5.96 Å². The maximum Gasteiger partial charge on any atom is 0.326 e. The fourth-order valence-corrected chi connectivity index (χ4v) is 3.80. The van der Waals surface area contributed by atoms with Crippen LogP contribution in [0.2, 0.25) is 0 Å². The van der Waals surface area contributed by atoms with Crippen molar-refractivity contribution in [3.63, 3.8) is 0 Å². The molecule has 0 saturated carbocycles. The van der Waals surface area contributed by atoms with Crippen LogP contribution in [0.4, 0.5) is 0 Å². The van der Waals surface area contributed by atoms with Crippen LogP contribution in [0.5, 0.6) is 0 Å². The van der Waals surface area contributed by atoms with E-state index in [-0.39, 0.29) is 36.7 Å². The lowest BCUT2D eigenvalue weighted by atomic mass is 9.98. The van der Waals surface area contributed by atoms with Crippen LogP contribution in [0.1, 0.15) is 52.9 Å². The van der Waals surface area contributed by atoms with Crippen molar-refractivity contribution in [1.29, 1.82) is 0 Å². The van der Waals surface area contributed by atoms with Gasteiger partial charge in [0, 0.05) is 24.8 Å². The van der Waals surface area contributed by atoms with Crippen LogP contribution in [0.25, 0.3) is 0 Å². The summed E-state index contributed by atoms with van der Waals surface area (Å²) < 4.78 is 0. The Kier molecular flexibility index (Phi) is 12.0. The lowest BCUT2D eigenvalue weighted by Gasteiger charge is -2.29. The number of hydrogen-bond donors (Lipinski definition) is 6. The van der Waals surface area contributed by atoms with E-state index in [2.05, 4.69) is 28.3 Å². The van der Waals surface area contributed by atoms with Gasteiger partial charge in [-0.2, -0.15) is 12.6 Å². The first-order valence-corrected chi connectivity index (χ1v) is 12.0. The minimum Gasteiger partial charge on any atom is -0.480 e. The predicted octanol–water partition coefficient (Wildman–Crippen LogP) is -0.303. The zero-order chi connectivity index (χ0) is 25.1. The number of carboxylic acid groups (broad SMARTS) is 1. The Hall–Kier alpha value is -2.50. The van der Waals surface area contributed by atoms with E-state index in [4.69, 9.17) is 11.5 Å². The molecule has 1 unspecified atom stereocenters. The molecule has 0 aromatic carbocycles. The Balaban J connectivity index is 2.97. The molecule has 1 saturated heterocycles. The number of thiol groups is 1. The fraction of sp³-hybridized carbons (Fsp3) is 0.762. The second-order valence-corrected chi connectivity index (χ2v) is 8.86. The quantitative estimate of drug-likeness (QED) is 0.0894. The van der Waals surface area contributed by atoms with Crippen molar-refractivity contribution in [2.45, 2.75) is 71.0 Å². The van der Waals surface area contributed by atoms with E-state index in [1.807, 2.05) is 6.92 Å². The van der Waals surface area contributed by atoms with Crippen LogP contribution in [0, 0.1) is 11.8 Å². The topological polar surface area (TPSA) is 180 Å². The molecule has 1 heterocycles. The van der Waals surface area contributed by atoms with Gasteiger partial charge in [-0.05, 0) is 31.6 Å². The highest BCUT2D eigenvalue weighted by Crippen LogP contribution is 2.21. The summed E-state index contributed by atoms with van der Waals surface area (Å²) in [5.74, 6) is -2.67. The van der Waals surface area contributed by atoms with E-state index in [0.29, 0.717) is 38.0 Å².